The molecular formula is C15H25NO4Si2. The third-order valence-corrected chi connectivity index (χ3v) is 4.21. The second kappa shape index (κ2) is 9.19. The number of hydrogen-bond donors (Lipinski definition) is 1. The predicted octanol–water partition coefficient (Wildman–Crippen LogP) is 2.77. The van der Waals surface area contributed by atoms with Gasteiger partial charge in [0.1, 0.15) is 17.8 Å². The van der Waals surface area contributed by atoms with E-state index in [1.54, 1.807) is 19.2 Å². The quantitative estimate of drug-likeness (QED) is 0.403. The fourth-order valence-corrected chi connectivity index (χ4v) is 3.15. The number of rotatable bonds is 10. The Hall–Kier alpha value is -1.03. The van der Waals surface area contributed by atoms with Crippen molar-refractivity contribution in [2.24, 2.45) is 5.41 Å². The Bertz CT molecular complexity index is 451. The van der Waals surface area contributed by atoms with Crippen molar-refractivity contribution in [3.8, 4) is 11.5 Å². The Morgan fingerprint density at radius 2 is 1.82 bits per heavy atom. The van der Waals surface area contributed by atoms with E-state index >= 15 is 0 Å². The summed E-state index contributed by atoms with van der Waals surface area (Å²) < 4.78 is 22.4. The molecule has 0 aromatic heterocycles. The van der Waals surface area contributed by atoms with Gasteiger partial charge in [0.2, 0.25) is 19.5 Å². The fraction of sp³-hybridized carbons (Fsp3) is 0.600. The van der Waals surface area contributed by atoms with E-state index in [9.17, 15) is 0 Å². The summed E-state index contributed by atoms with van der Waals surface area (Å²) in [6, 6.07) is 5.43. The van der Waals surface area contributed by atoms with E-state index in [1.807, 2.05) is 19.2 Å². The molecule has 0 aliphatic heterocycles. The lowest BCUT2D eigenvalue weighted by molar-refractivity contribution is -0.0854. The van der Waals surface area contributed by atoms with Crippen LogP contribution < -0.4 is 15.2 Å². The van der Waals surface area contributed by atoms with Crippen molar-refractivity contribution in [1.29, 1.82) is 0 Å². The van der Waals surface area contributed by atoms with Crippen LogP contribution in [0.15, 0.2) is 18.2 Å². The molecule has 0 amide bonds. The van der Waals surface area contributed by atoms with Crippen molar-refractivity contribution in [2.45, 2.75) is 39.7 Å². The molecule has 2 N–H and O–H groups in total. The van der Waals surface area contributed by atoms with Crippen molar-refractivity contribution in [2.75, 3.05) is 19.5 Å². The van der Waals surface area contributed by atoms with Gasteiger partial charge in [0.15, 0.2) is 0 Å². The van der Waals surface area contributed by atoms with E-state index < -0.39 is 0 Å². The highest BCUT2D eigenvalue weighted by Crippen LogP contribution is 2.30. The number of hydrogen-bond acceptors (Lipinski definition) is 5. The maximum atomic E-state index is 5.80. The largest absolute Gasteiger partial charge is 0.494 e. The average molecular weight is 340 g/mol. The van der Waals surface area contributed by atoms with Gasteiger partial charge < -0.3 is 24.1 Å². The standard InChI is InChI=1S/C15H25NO4Si2/c1-15(2,14(19-21-4)20-22-5)8-9-18-11-6-7-12(16)13(10-11)17-3/h6-7,10,14H,8-9,16H2,1-5H3. The summed E-state index contributed by atoms with van der Waals surface area (Å²) in [5.74, 6) is 1.37. The smallest absolute Gasteiger partial charge is 0.229 e. The van der Waals surface area contributed by atoms with E-state index in [4.69, 9.17) is 24.1 Å². The third kappa shape index (κ3) is 5.64. The minimum atomic E-state index is -0.205. The number of ether oxygens (including phenoxy) is 2. The van der Waals surface area contributed by atoms with Gasteiger partial charge in [-0.1, -0.05) is 13.8 Å². The molecule has 1 aromatic rings. The lowest BCUT2D eigenvalue weighted by Gasteiger charge is -2.33. The summed E-state index contributed by atoms with van der Waals surface area (Å²) in [5.41, 5.74) is 6.27. The van der Waals surface area contributed by atoms with E-state index in [-0.39, 0.29) is 11.7 Å². The zero-order valence-corrected chi connectivity index (χ0v) is 15.9. The molecule has 7 heteroatoms. The zero-order chi connectivity index (χ0) is 16.6. The first-order valence-corrected chi connectivity index (χ1v) is 9.97. The summed E-state index contributed by atoms with van der Waals surface area (Å²) >= 11 is 0. The van der Waals surface area contributed by atoms with Gasteiger partial charge in [-0.15, -0.1) is 0 Å². The molecule has 0 aliphatic carbocycles. The van der Waals surface area contributed by atoms with Gasteiger partial charge in [-0.25, -0.2) is 0 Å². The molecule has 1 rings (SSSR count). The van der Waals surface area contributed by atoms with Gasteiger partial charge in [-0.3, -0.25) is 0 Å². The van der Waals surface area contributed by atoms with Crippen LogP contribution >= 0.6 is 0 Å². The van der Waals surface area contributed by atoms with Gasteiger partial charge in [0, 0.05) is 11.5 Å². The molecule has 0 saturated heterocycles. The van der Waals surface area contributed by atoms with Crippen LogP contribution in [0.3, 0.4) is 0 Å². The Kier molecular flexibility index (Phi) is 7.94. The molecule has 0 atom stereocenters. The maximum Gasteiger partial charge on any atom is 0.229 e. The fourth-order valence-electron chi connectivity index (χ4n) is 1.89. The Morgan fingerprint density at radius 3 is 2.36 bits per heavy atom. The van der Waals surface area contributed by atoms with E-state index in [0.29, 0.717) is 37.6 Å². The second-order valence-corrected chi connectivity index (χ2v) is 6.75. The van der Waals surface area contributed by atoms with E-state index in [2.05, 4.69) is 13.8 Å². The molecule has 1 aromatic carbocycles. The van der Waals surface area contributed by atoms with Crippen LogP contribution in [0.1, 0.15) is 20.3 Å². The molecule has 4 radical (unpaired) electrons. The number of benzene rings is 1. The van der Waals surface area contributed by atoms with Crippen LogP contribution in [0.25, 0.3) is 0 Å². The lowest BCUT2D eigenvalue weighted by atomic mass is 9.89. The van der Waals surface area contributed by atoms with Crippen LogP contribution in [-0.2, 0) is 8.85 Å². The third-order valence-electron chi connectivity index (χ3n) is 3.31. The molecule has 5 nitrogen and oxygen atoms in total. The minimum absolute atomic E-state index is 0.121. The summed E-state index contributed by atoms with van der Waals surface area (Å²) in [5, 5.41) is 0. The Balaban J connectivity index is 2.57. The van der Waals surface area contributed by atoms with Crippen molar-refractivity contribution >= 4 is 25.2 Å². The van der Waals surface area contributed by atoms with Crippen molar-refractivity contribution in [3.63, 3.8) is 0 Å². The molecule has 0 heterocycles. The van der Waals surface area contributed by atoms with Crippen LogP contribution in [0.2, 0.25) is 13.1 Å². The Labute approximate surface area is 138 Å². The Morgan fingerprint density at radius 1 is 1.18 bits per heavy atom. The molecule has 0 fully saturated rings. The van der Waals surface area contributed by atoms with Crippen molar-refractivity contribution in [1.82, 2.24) is 0 Å². The molecule has 122 valence electrons. The number of nitrogen functional groups attached to an aromatic ring is 1. The zero-order valence-electron chi connectivity index (χ0n) is 13.9. The summed E-state index contributed by atoms with van der Waals surface area (Å²) in [6.45, 7) is 8.84. The van der Waals surface area contributed by atoms with E-state index in [0.717, 1.165) is 12.2 Å². The van der Waals surface area contributed by atoms with Gasteiger partial charge in [-0.05, 0) is 31.6 Å². The minimum Gasteiger partial charge on any atom is -0.494 e. The number of nitrogens with two attached hydrogens (primary N) is 1. The van der Waals surface area contributed by atoms with Gasteiger partial charge in [0.25, 0.3) is 0 Å². The van der Waals surface area contributed by atoms with Gasteiger partial charge >= 0.3 is 0 Å². The van der Waals surface area contributed by atoms with Crippen LogP contribution in [0.5, 0.6) is 11.5 Å². The maximum absolute atomic E-state index is 5.80. The molecule has 0 bridgehead atoms. The van der Waals surface area contributed by atoms with Crippen LogP contribution in [0, 0.1) is 5.41 Å². The first kappa shape index (κ1) is 19.0. The average Bonchev–Trinajstić information content (AvgIpc) is 2.48. The summed E-state index contributed by atoms with van der Waals surface area (Å²) in [4.78, 5) is 0. The highest BCUT2D eigenvalue weighted by atomic mass is 28.2. The molecule has 0 spiro atoms. The first-order valence-electron chi connectivity index (χ1n) is 7.15. The number of anilines is 1. The second-order valence-electron chi connectivity index (χ2n) is 5.47. The summed E-state index contributed by atoms with van der Waals surface area (Å²) in [7, 11) is 2.40. The predicted molar refractivity (Wildman–Crippen MR) is 90.5 cm³/mol. The summed E-state index contributed by atoms with van der Waals surface area (Å²) in [6.07, 6.45) is 0.614. The van der Waals surface area contributed by atoms with Crippen LogP contribution in [0.4, 0.5) is 5.69 Å². The first-order chi connectivity index (χ1) is 10.4. The van der Waals surface area contributed by atoms with Crippen LogP contribution in [-0.4, -0.2) is 39.5 Å². The van der Waals surface area contributed by atoms with Gasteiger partial charge in [0.05, 0.1) is 19.4 Å². The topological polar surface area (TPSA) is 62.9 Å². The molecule has 0 saturated carbocycles. The highest BCUT2D eigenvalue weighted by Gasteiger charge is 2.30. The SMILES string of the molecule is COc1cc(OCCC(C)(C)C(O[Si]C)O[Si]C)ccc1N. The number of methoxy groups -OCH3 is 1. The lowest BCUT2D eigenvalue weighted by Crippen LogP contribution is -2.37. The highest BCUT2D eigenvalue weighted by molar-refractivity contribution is 6.26. The normalized spacial score (nSPS) is 11.7. The van der Waals surface area contributed by atoms with Gasteiger partial charge in [-0.2, -0.15) is 0 Å². The molecule has 0 aliphatic rings. The van der Waals surface area contributed by atoms with Crippen molar-refractivity contribution in [3.05, 3.63) is 18.2 Å². The molecular weight excluding hydrogens is 314 g/mol. The van der Waals surface area contributed by atoms with Crippen molar-refractivity contribution < 1.29 is 18.3 Å². The molecule has 0 unspecified atom stereocenters. The monoisotopic (exact) mass is 339 g/mol. The van der Waals surface area contributed by atoms with E-state index in [1.165, 1.54) is 0 Å². The molecule has 22 heavy (non-hydrogen) atoms.